The Morgan fingerprint density at radius 1 is 1.53 bits per heavy atom. The second-order valence-electron chi connectivity index (χ2n) is 3.96. The van der Waals surface area contributed by atoms with Gasteiger partial charge in [-0.1, -0.05) is 12.1 Å². The summed E-state index contributed by atoms with van der Waals surface area (Å²) in [6, 6.07) is 5.80. The lowest BCUT2D eigenvalue weighted by atomic mass is 10.1. The molecular weight excluding hydrogens is 247 g/mol. The molecule has 5 heteroatoms. The quantitative estimate of drug-likeness (QED) is 0.828. The minimum absolute atomic E-state index is 0.192. The van der Waals surface area contributed by atoms with Crippen LogP contribution in [0.4, 0.5) is 4.39 Å². The Kier molecular flexibility index (Phi) is 4.48. The molecule has 0 aliphatic carbocycles. The highest BCUT2D eigenvalue weighted by atomic mass is 35.5. The Labute approximate surface area is 104 Å². The maximum Gasteiger partial charge on any atom is 0.327 e. The second-order valence-corrected chi connectivity index (χ2v) is 4.75. The molecule has 2 atom stereocenters. The molecule has 1 rings (SSSR count). The van der Waals surface area contributed by atoms with Crippen LogP contribution in [0.25, 0.3) is 0 Å². The average molecular weight is 261 g/mol. The van der Waals surface area contributed by atoms with E-state index in [9.17, 15) is 9.18 Å². The Bertz CT molecular complexity index is 389. The molecule has 0 aliphatic rings. The summed E-state index contributed by atoms with van der Waals surface area (Å²) in [4.78, 5) is 9.38. The van der Waals surface area contributed by atoms with E-state index in [1.54, 1.807) is 19.1 Å². The number of hydrogen-bond acceptors (Lipinski definition) is 2. The highest BCUT2D eigenvalue weighted by Crippen LogP contribution is 2.23. The van der Waals surface area contributed by atoms with Crippen molar-refractivity contribution in [2.75, 3.05) is 0 Å². The van der Waals surface area contributed by atoms with Crippen LogP contribution < -0.4 is 0 Å². The third-order valence-electron chi connectivity index (χ3n) is 2.59. The van der Waals surface area contributed by atoms with Gasteiger partial charge in [0.1, 0.15) is 5.82 Å². The van der Waals surface area contributed by atoms with Gasteiger partial charge >= 0.3 is 5.97 Å². The molecule has 17 heavy (non-hydrogen) atoms. The molecule has 0 aliphatic heterocycles. The van der Waals surface area contributed by atoms with Crippen molar-refractivity contribution < 1.29 is 19.0 Å². The molecule has 0 fully saturated rings. The van der Waals surface area contributed by atoms with Crippen LogP contribution in [0, 0.1) is 5.82 Å². The molecule has 2 unspecified atom stereocenters. The third kappa shape index (κ3) is 3.68. The smallest absolute Gasteiger partial charge is 0.327 e. The van der Waals surface area contributed by atoms with Crippen molar-refractivity contribution in [2.45, 2.75) is 31.4 Å². The third-order valence-corrected chi connectivity index (χ3v) is 3.06. The van der Waals surface area contributed by atoms with E-state index in [2.05, 4.69) is 0 Å². The van der Waals surface area contributed by atoms with E-state index in [1.165, 1.54) is 19.1 Å². The fourth-order valence-corrected chi connectivity index (χ4v) is 1.20. The van der Waals surface area contributed by atoms with Crippen molar-refractivity contribution >= 4 is 17.6 Å². The molecule has 1 N–H and O–H groups in total. The summed E-state index contributed by atoms with van der Waals surface area (Å²) in [7, 11) is 0. The summed E-state index contributed by atoms with van der Waals surface area (Å²) >= 11 is 5.83. The van der Waals surface area contributed by atoms with Gasteiger partial charge in [-0.15, -0.1) is 11.6 Å². The first-order valence-electron chi connectivity index (χ1n) is 5.12. The zero-order valence-corrected chi connectivity index (χ0v) is 10.4. The van der Waals surface area contributed by atoms with Gasteiger partial charge in [0.15, 0.2) is 4.87 Å². The maximum atomic E-state index is 12.6. The van der Waals surface area contributed by atoms with Gasteiger partial charge in [-0.2, -0.15) is 0 Å². The molecule has 0 spiro atoms. The summed E-state index contributed by atoms with van der Waals surface area (Å²) < 4.78 is 18.0. The van der Waals surface area contributed by atoms with Gasteiger partial charge in [-0.25, -0.2) is 4.39 Å². The van der Waals surface area contributed by atoms with E-state index in [0.717, 1.165) is 5.56 Å². The largest absolute Gasteiger partial charge is 0.480 e. The highest BCUT2D eigenvalue weighted by Gasteiger charge is 2.37. The first kappa shape index (κ1) is 13.9. The Morgan fingerprint density at radius 3 is 2.53 bits per heavy atom. The van der Waals surface area contributed by atoms with Gasteiger partial charge in [-0.3, -0.25) is 4.79 Å². The molecule has 0 heterocycles. The van der Waals surface area contributed by atoms with Crippen molar-refractivity contribution in [3.05, 3.63) is 35.6 Å². The van der Waals surface area contributed by atoms with Crippen LogP contribution in [-0.2, 0) is 16.1 Å². The van der Waals surface area contributed by atoms with E-state index < -0.39 is 16.9 Å². The monoisotopic (exact) mass is 260 g/mol. The Morgan fingerprint density at radius 2 is 2.06 bits per heavy atom. The lowest BCUT2D eigenvalue weighted by molar-refractivity contribution is -0.144. The fraction of sp³-hybridized carbons (Fsp3) is 0.417. The molecule has 0 saturated carbocycles. The number of alkyl halides is 1. The van der Waals surface area contributed by atoms with Gasteiger partial charge in [0, 0.05) is 0 Å². The predicted octanol–water partition coefficient (Wildman–Crippen LogP) is 2.81. The number of halogens is 2. The number of benzene rings is 1. The SMILES string of the molecule is CC(OCc1ccc(F)cc1)C(C)(Cl)C(=O)O. The van der Waals surface area contributed by atoms with Gasteiger partial charge in [0.2, 0.25) is 0 Å². The van der Waals surface area contributed by atoms with Crippen LogP contribution >= 0.6 is 11.6 Å². The van der Waals surface area contributed by atoms with Crippen LogP contribution in [0.1, 0.15) is 19.4 Å². The zero-order valence-electron chi connectivity index (χ0n) is 9.61. The van der Waals surface area contributed by atoms with Crippen LogP contribution in [-0.4, -0.2) is 22.1 Å². The number of rotatable bonds is 5. The molecule has 94 valence electrons. The van der Waals surface area contributed by atoms with Crippen molar-refractivity contribution in [2.24, 2.45) is 0 Å². The fourth-order valence-electron chi connectivity index (χ4n) is 1.13. The molecule has 1 aromatic rings. The normalized spacial score (nSPS) is 16.2. The topological polar surface area (TPSA) is 46.5 Å². The molecule has 0 amide bonds. The van der Waals surface area contributed by atoms with E-state index >= 15 is 0 Å². The summed E-state index contributed by atoms with van der Waals surface area (Å²) in [5.74, 6) is -1.46. The number of carboxylic acid groups (broad SMARTS) is 1. The average Bonchev–Trinajstić information content (AvgIpc) is 2.27. The van der Waals surface area contributed by atoms with Gasteiger partial charge in [0.25, 0.3) is 0 Å². The molecular formula is C12H14ClFO3. The summed E-state index contributed by atoms with van der Waals surface area (Å²) in [6.07, 6.45) is -0.660. The van der Waals surface area contributed by atoms with Crippen LogP contribution in [0.2, 0.25) is 0 Å². The highest BCUT2D eigenvalue weighted by molar-refractivity contribution is 6.33. The number of ether oxygens (including phenoxy) is 1. The van der Waals surface area contributed by atoms with E-state index in [0.29, 0.717) is 0 Å². The second kappa shape index (κ2) is 5.47. The zero-order chi connectivity index (χ0) is 13.1. The number of carbonyl (C=O) groups is 1. The van der Waals surface area contributed by atoms with Crippen molar-refractivity contribution in [3.8, 4) is 0 Å². The summed E-state index contributed by atoms with van der Waals surface area (Å²) in [5.41, 5.74) is 0.760. The number of hydrogen-bond donors (Lipinski definition) is 1. The number of aliphatic carboxylic acids is 1. The summed E-state index contributed by atoms with van der Waals surface area (Å²) in [5, 5.41) is 8.88. The van der Waals surface area contributed by atoms with Crippen molar-refractivity contribution in [1.82, 2.24) is 0 Å². The van der Waals surface area contributed by atoms with Gasteiger partial charge in [-0.05, 0) is 31.5 Å². The summed E-state index contributed by atoms with van der Waals surface area (Å²) in [6.45, 7) is 3.16. The first-order valence-corrected chi connectivity index (χ1v) is 5.50. The van der Waals surface area contributed by atoms with Gasteiger partial charge in [0.05, 0.1) is 12.7 Å². The lowest BCUT2D eigenvalue weighted by Crippen LogP contribution is -2.41. The minimum atomic E-state index is -1.47. The van der Waals surface area contributed by atoms with Gasteiger partial charge < -0.3 is 9.84 Å². The standard InChI is InChI=1S/C12H14ClFO3/c1-8(12(2,13)11(15)16)17-7-9-3-5-10(14)6-4-9/h3-6,8H,7H2,1-2H3,(H,15,16). The number of carboxylic acids is 1. The van der Waals surface area contributed by atoms with E-state index in [-0.39, 0.29) is 12.4 Å². The molecule has 0 bridgehead atoms. The lowest BCUT2D eigenvalue weighted by Gasteiger charge is -2.24. The minimum Gasteiger partial charge on any atom is -0.480 e. The molecule has 0 aromatic heterocycles. The first-order chi connectivity index (χ1) is 7.84. The van der Waals surface area contributed by atoms with Crippen molar-refractivity contribution in [1.29, 1.82) is 0 Å². The molecule has 3 nitrogen and oxygen atoms in total. The molecule has 0 radical (unpaired) electrons. The predicted molar refractivity (Wildman–Crippen MR) is 62.5 cm³/mol. The Hall–Kier alpha value is -1.13. The van der Waals surface area contributed by atoms with Crippen LogP contribution in [0.3, 0.4) is 0 Å². The van der Waals surface area contributed by atoms with E-state index in [1.807, 2.05) is 0 Å². The van der Waals surface area contributed by atoms with Crippen LogP contribution in [0.15, 0.2) is 24.3 Å². The maximum absolute atomic E-state index is 12.6. The van der Waals surface area contributed by atoms with E-state index in [4.69, 9.17) is 21.4 Å². The molecule has 0 saturated heterocycles. The van der Waals surface area contributed by atoms with Crippen LogP contribution in [0.5, 0.6) is 0 Å². The molecule has 1 aromatic carbocycles. The van der Waals surface area contributed by atoms with Crippen molar-refractivity contribution in [3.63, 3.8) is 0 Å². The Balaban J connectivity index is 2.56.